The molecule has 0 spiro atoms. The summed E-state index contributed by atoms with van der Waals surface area (Å²) in [6.07, 6.45) is 4.34. The molecule has 0 unspecified atom stereocenters. The van der Waals surface area contributed by atoms with Crippen molar-refractivity contribution in [1.82, 2.24) is 9.88 Å². The summed E-state index contributed by atoms with van der Waals surface area (Å²) in [7, 11) is 1.91. The SMILES string of the molecule is Cc1ccc(C(=O)N[C@@H]2CCCC[C@H]2N)n1C. The second kappa shape index (κ2) is 4.92. The second-order valence-corrected chi connectivity index (χ2v) is 4.95. The van der Waals surface area contributed by atoms with Gasteiger partial charge >= 0.3 is 0 Å². The maximum atomic E-state index is 12.1. The first-order valence-corrected chi connectivity index (χ1v) is 6.28. The van der Waals surface area contributed by atoms with Crippen LogP contribution in [0.25, 0.3) is 0 Å². The average molecular weight is 235 g/mol. The van der Waals surface area contributed by atoms with Gasteiger partial charge in [0.25, 0.3) is 5.91 Å². The van der Waals surface area contributed by atoms with Crippen LogP contribution in [0.2, 0.25) is 0 Å². The Labute approximate surface area is 102 Å². The lowest BCUT2D eigenvalue weighted by Gasteiger charge is -2.29. The molecule has 1 aromatic heterocycles. The van der Waals surface area contributed by atoms with Crippen LogP contribution in [0.5, 0.6) is 0 Å². The molecular formula is C13H21N3O. The van der Waals surface area contributed by atoms with Crippen molar-refractivity contribution >= 4 is 5.91 Å². The zero-order chi connectivity index (χ0) is 12.4. The van der Waals surface area contributed by atoms with Crippen LogP contribution in [0, 0.1) is 6.92 Å². The van der Waals surface area contributed by atoms with E-state index >= 15 is 0 Å². The van der Waals surface area contributed by atoms with Crippen molar-refractivity contribution in [3.63, 3.8) is 0 Å². The zero-order valence-electron chi connectivity index (χ0n) is 10.6. The maximum Gasteiger partial charge on any atom is 0.268 e. The Hall–Kier alpha value is -1.29. The molecule has 1 aliphatic rings. The van der Waals surface area contributed by atoms with Gasteiger partial charge in [-0.05, 0) is 31.9 Å². The van der Waals surface area contributed by atoms with E-state index in [2.05, 4.69) is 5.32 Å². The average Bonchev–Trinajstić information content (AvgIpc) is 2.63. The Morgan fingerprint density at radius 1 is 1.41 bits per heavy atom. The maximum absolute atomic E-state index is 12.1. The highest BCUT2D eigenvalue weighted by Gasteiger charge is 2.24. The number of carbonyl (C=O) groups is 1. The first kappa shape index (κ1) is 12.2. The number of hydrogen-bond acceptors (Lipinski definition) is 2. The van der Waals surface area contributed by atoms with Crippen molar-refractivity contribution in [3.8, 4) is 0 Å². The number of nitrogens with zero attached hydrogens (tertiary/aromatic N) is 1. The molecule has 4 heteroatoms. The van der Waals surface area contributed by atoms with Crippen LogP contribution in [0.3, 0.4) is 0 Å². The van der Waals surface area contributed by atoms with Crippen molar-refractivity contribution < 1.29 is 4.79 Å². The van der Waals surface area contributed by atoms with Crippen molar-refractivity contribution in [2.24, 2.45) is 12.8 Å². The van der Waals surface area contributed by atoms with E-state index in [1.807, 2.05) is 30.7 Å². The molecule has 1 aliphatic carbocycles. The van der Waals surface area contributed by atoms with E-state index in [0.29, 0.717) is 5.69 Å². The number of aromatic nitrogens is 1. The molecule has 0 radical (unpaired) electrons. The zero-order valence-corrected chi connectivity index (χ0v) is 10.6. The van der Waals surface area contributed by atoms with Crippen LogP contribution in [0.4, 0.5) is 0 Å². The monoisotopic (exact) mass is 235 g/mol. The van der Waals surface area contributed by atoms with Gasteiger partial charge in [0.15, 0.2) is 0 Å². The Morgan fingerprint density at radius 2 is 2.12 bits per heavy atom. The van der Waals surface area contributed by atoms with E-state index in [0.717, 1.165) is 25.0 Å². The normalized spacial score (nSPS) is 24.6. The van der Waals surface area contributed by atoms with Gasteiger partial charge in [0.2, 0.25) is 0 Å². The van der Waals surface area contributed by atoms with E-state index < -0.39 is 0 Å². The fraction of sp³-hybridized carbons (Fsp3) is 0.615. The van der Waals surface area contributed by atoms with E-state index in [1.165, 1.54) is 6.42 Å². The van der Waals surface area contributed by atoms with Crippen molar-refractivity contribution in [3.05, 3.63) is 23.5 Å². The first-order chi connectivity index (χ1) is 8.09. The Balaban J connectivity index is 2.03. The predicted molar refractivity (Wildman–Crippen MR) is 67.8 cm³/mol. The van der Waals surface area contributed by atoms with E-state index in [4.69, 9.17) is 5.73 Å². The largest absolute Gasteiger partial charge is 0.346 e. The van der Waals surface area contributed by atoms with E-state index in [9.17, 15) is 4.79 Å². The van der Waals surface area contributed by atoms with Gasteiger partial charge in [-0.2, -0.15) is 0 Å². The number of nitrogens with one attached hydrogen (secondary N) is 1. The number of hydrogen-bond donors (Lipinski definition) is 2. The molecule has 0 bridgehead atoms. The molecule has 94 valence electrons. The molecule has 2 atom stereocenters. The lowest BCUT2D eigenvalue weighted by molar-refractivity contribution is 0.0913. The molecular weight excluding hydrogens is 214 g/mol. The topological polar surface area (TPSA) is 60.1 Å². The van der Waals surface area contributed by atoms with Crippen LogP contribution >= 0.6 is 0 Å². The lowest BCUT2D eigenvalue weighted by atomic mass is 9.91. The quantitative estimate of drug-likeness (QED) is 0.812. The van der Waals surface area contributed by atoms with E-state index in [-0.39, 0.29) is 18.0 Å². The molecule has 0 saturated heterocycles. The summed E-state index contributed by atoms with van der Waals surface area (Å²) in [5.74, 6) is -0.0112. The van der Waals surface area contributed by atoms with E-state index in [1.54, 1.807) is 0 Å². The van der Waals surface area contributed by atoms with Crippen LogP contribution in [0.1, 0.15) is 41.9 Å². The molecule has 1 saturated carbocycles. The molecule has 17 heavy (non-hydrogen) atoms. The van der Waals surface area contributed by atoms with Gasteiger partial charge < -0.3 is 15.6 Å². The van der Waals surface area contributed by atoms with Crippen LogP contribution in [-0.4, -0.2) is 22.6 Å². The highest BCUT2D eigenvalue weighted by molar-refractivity contribution is 5.93. The molecule has 1 fully saturated rings. The molecule has 1 heterocycles. The van der Waals surface area contributed by atoms with Crippen LogP contribution < -0.4 is 11.1 Å². The second-order valence-electron chi connectivity index (χ2n) is 4.95. The third-order valence-corrected chi connectivity index (χ3v) is 3.74. The predicted octanol–water partition coefficient (Wildman–Crippen LogP) is 1.33. The third-order valence-electron chi connectivity index (χ3n) is 3.74. The summed E-state index contributed by atoms with van der Waals surface area (Å²) in [4.78, 5) is 12.1. The minimum atomic E-state index is -0.0112. The first-order valence-electron chi connectivity index (χ1n) is 6.28. The summed E-state index contributed by atoms with van der Waals surface area (Å²) >= 11 is 0. The van der Waals surface area contributed by atoms with Gasteiger partial charge in [-0.3, -0.25) is 4.79 Å². The third kappa shape index (κ3) is 2.52. The molecule has 0 aliphatic heterocycles. The van der Waals surface area contributed by atoms with Gasteiger partial charge in [-0.25, -0.2) is 0 Å². The highest BCUT2D eigenvalue weighted by Crippen LogP contribution is 2.17. The molecule has 1 amide bonds. The molecule has 1 aromatic rings. The van der Waals surface area contributed by atoms with Gasteiger partial charge in [-0.15, -0.1) is 0 Å². The Bertz CT molecular complexity index is 411. The van der Waals surface area contributed by atoms with Gasteiger partial charge in [0.05, 0.1) is 0 Å². The smallest absolute Gasteiger partial charge is 0.268 e. The highest BCUT2D eigenvalue weighted by atomic mass is 16.2. The Kier molecular flexibility index (Phi) is 3.52. The standard InChI is InChI=1S/C13H21N3O/c1-9-7-8-12(16(9)2)13(17)15-11-6-4-3-5-10(11)14/h7-8,10-11H,3-6,14H2,1-2H3,(H,15,17)/t10-,11-/m1/s1. The molecule has 2 rings (SSSR count). The Morgan fingerprint density at radius 3 is 2.71 bits per heavy atom. The summed E-state index contributed by atoms with van der Waals surface area (Å²) in [6.45, 7) is 1.99. The minimum Gasteiger partial charge on any atom is -0.346 e. The number of carbonyl (C=O) groups excluding carboxylic acids is 1. The van der Waals surface area contributed by atoms with Crippen molar-refractivity contribution in [2.75, 3.05) is 0 Å². The number of aryl methyl sites for hydroxylation is 1. The van der Waals surface area contributed by atoms with Crippen molar-refractivity contribution in [1.29, 1.82) is 0 Å². The summed E-state index contributed by atoms with van der Waals surface area (Å²) < 4.78 is 1.91. The van der Waals surface area contributed by atoms with Crippen LogP contribution in [0.15, 0.2) is 12.1 Å². The molecule has 0 aromatic carbocycles. The van der Waals surface area contributed by atoms with Crippen molar-refractivity contribution in [2.45, 2.75) is 44.7 Å². The number of amides is 1. The molecule has 3 N–H and O–H groups in total. The summed E-state index contributed by atoms with van der Waals surface area (Å²) in [5, 5.41) is 3.05. The van der Waals surface area contributed by atoms with Crippen LogP contribution in [-0.2, 0) is 7.05 Å². The van der Waals surface area contributed by atoms with Gasteiger partial charge in [0.1, 0.15) is 5.69 Å². The molecule has 4 nitrogen and oxygen atoms in total. The fourth-order valence-corrected chi connectivity index (χ4v) is 2.42. The minimum absolute atomic E-state index is 0.0112. The fourth-order valence-electron chi connectivity index (χ4n) is 2.42. The van der Waals surface area contributed by atoms with Gasteiger partial charge in [-0.1, -0.05) is 12.8 Å². The number of nitrogens with two attached hydrogens (primary N) is 1. The summed E-state index contributed by atoms with van der Waals surface area (Å²) in [6, 6.07) is 4.05. The summed E-state index contributed by atoms with van der Waals surface area (Å²) in [5.41, 5.74) is 7.82. The lowest BCUT2D eigenvalue weighted by Crippen LogP contribution is -2.49. The van der Waals surface area contributed by atoms with Gasteiger partial charge in [0, 0.05) is 24.8 Å². The number of rotatable bonds is 2.